The summed E-state index contributed by atoms with van der Waals surface area (Å²) in [5.41, 5.74) is 2.21. The van der Waals surface area contributed by atoms with Crippen molar-refractivity contribution in [1.29, 1.82) is 0 Å². The Morgan fingerprint density at radius 1 is 1.38 bits per heavy atom. The average molecular weight is 332 g/mol. The van der Waals surface area contributed by atoms with E-state index in [9.17, 15) is 0 Å². The lowest BCUT2D eigenvalue weighted by Crippen LogP contribution is -2.24. The van der Waals surface area contributed by atoms with E-state index >= 15 is 0 Å². The fraction of sp³-hybridized carbons (Fsp3) is 0.667. The van der Waals surface area contributed by atoms with E-state index in [1.807, 2.05) is 25.5 Å². The van der Waals surface area contributed by atoms with E-state index in [4.69, 9.17) is 9.26 Å². The first-order valence-electron chi connectivity index (χ1n) is 8.71. The first kappa shape index (κ1) is 17.2. The summed E-state index contributed by atoms with van der Waals surface area (Å²) in [4.78, 5) is 6.78. The van der Waals surface area contributed by atoms with Crippen molar-refractivity contribution < 1.29 is 9.26 Å². The van der Waals surface area contributed by atoms with Crippen LogP contribution in [0.15, 0.2) is 23.1 Å². The minimum atomic E-state index is 0.233. The molecule has 1 fully saturated rings. The molecule has 0 aromatic carbocycles. The van der Waals surface area contributed by atoms with Gasteiger partial charge in [-0.2, -0.15) is 0 Å². The number of imidazole rings is 1. The molecule has 0 amide bonds. The Labute approximate surface area is 143 Å². The third-order valence-electron chi connectivity index (χ3n) is 4.65. The van der Waals surface area contributed by atoms with Crippen LogP contribution in [0.5, 0.6) is 0 Å². The summed E-state index contributed by atoms with van der Waals surface area (Å²) in [6.45, 7) is 10.3. The second-order valence-electron chi connectivity index (χ2n) is 7.30. The summed E-state index contributed by atoms with van der Waals surface area (Å²) >= 11 is 0. The Morgan fingerprint density at radius 3 is 2.88 bits per heavy atom. The normalized spacial score (nSPS) is 21.9. The van der Waals surface area contributed by atoms with Gasteiger partial charge in [0.15, 0.2) is 0 Å². The van der Waals surface area contributed by atoms with Crippen LogP contribution in [0.25, 0.3) is 0 Å². The summed E-state index contributed by atoms with van der Waals surface area (Å²) in [5.74, 6) is 2.00. The summed E-state index contributed by atoms with van der Waals surface area (Å²) in [7, 11) is 1.80. The largest absolute Gasteiger partial charge is 0.380 e. The number of aryl methyl sites for hydroxylation is 1. The van der Waals surface area contributed by atoms with Crippen molar-refractivity contribution in [2.24, 2.45) is 11.8 Å². The highest BCUT2D eigenvalue weighted by Crippen LogP contribution is 2.25. The lowest BCUT2D eigenvalue weighted by atomic mass is 10.0. The zero-order valence-electron chi connectivity index (χ0n) is 15.1. The maximum absolute atomic E-state index is 5.72. The molecule has 0 bridgehead atoms. The lowest BCUT2D eigenvalue weighted by molar-refractivity contribution is 0.0760. The van der Waals surface area contributed by atoms with Crippen molar-refractivity contribution in [2.75, 3.05) is 20.2 Å². The fourth-order valence-corrected chi connectivity index (χ4v) is 3.56. The summed E-state index contributed by atoms with van der Waals surface area (Å²) in [5, 5.41) is 3.99. The van der Waals surface area contributed by atoms with Crippen LogP contribution >= 0.6 is 0 Å². The van der Waals surface area contributed by atoms with Gasteiger partial charge in [0.05, 0.1) is 23.8 Å². The van der Waals surface area contributed by atoms with Gasteiger partial charge < -0.3 is 13.8 Å². The van der Waals surface area contributed by atoms with Gasteiger partial charge >= 0.3 is 0 Å². The zero-order valence-corrected chi connectivity index (χ0v) is 15.1. The quantitative estimate of drug-likeness (QED) is 0.780. The predicted octanol–water partition coefficient (Wildman–Crippen LogP) is 2.53. The van der Waals surface area contributed by atoms with Gasteiger partial charge in [0.25, 0.3) is 0 Å². The van der Waals surface area contributed by atoms with Crippen LogP contribution in [-0.4, -0.2) is 45.9 Å². The van der Waals surface area contributed by atoms with Gasteiger partial charge in [0, 0.05) is 57.9 Å². The molecule has 3 rings (SSSR count). The number of nitrogens with zero attached hydrogens (tertiary/aromatic N) is 4. The topological polar surface area (TPSA) is 56.3 Å². The molecule has 0 unspecified atom stereocenters. The molecule has 0 N–H and O–H groups in total. The lowest BCUT2D eigenvalue weighted by Gasteiger charge is -2.17. The first-order chi connectivity index (χ1) is 11.5. The van der Waals surface area contributed by atoms with Crippen molar-refractivity contribution >= 4 is 0 Å². The fourth-order valence-electron chi connectivity index (χ4n) is 3.56. The highest BCUT2D eigenvalue weighted by molar-refractivity contribution is 5.06. The van der Waals surface area contributed by atoms with Gasteiger partial charge in [-0.25, -0.2) is 4.98 Å². The van der Waals surface area contributed by atoms with Crippen LogP contribution < -0.4 is 0 Å². The predicted molar refractivity (Wildman–Crippen MR) is 91.6 cm³/mol. The Morgan fingerprint density at radius 2 is 2.21 bits per heavy atom. The molecule has 3 heterocycles. The second-order valence-corrected chi connectivity index (χ2v) is 7.30. The minimum absolute atomic E-state index is 0.233. The second kappa shape index (κ2) is 7.49. The smallest absolute Gasteiger partial charge is 0.137 e. The maximum Gasteiger partial charge on any atom is 0.137 e. The molecule has 1 aliphatic heterocycles. The monoisotopic (exact) mass is 332 g/mol. The van der Waals surface area contributed by atoms with Crippen molar-refractivity contribution in [1.82, 2.24) is 19.6 Å². The molecule has 24 heavy (non-hydrogen) atoms. The van der Waals surface area contributed by atoms with Gasteiger partial charge in [0.2, 0.25) is 0 Å². The molecule has 2 aromatic rings. The number of ether oxygens (including phenoxy) is 1. The van der Waals surface area contributed by atoms with Crippen molar-refractivity contribution in [2.45, 2.75) is 46.4 Å². The summed E-state index contributed by atoms with van der Waals surface area (Å²) in [6.07, 6.45) is 5.03. The summed E-state index contributed by atoms with van der Waals surface area (Å²) < 4.78 is 13.4. The first-order valence-corrected chi connectivity index (χ1v) is 8.71. The molecule has 0 radical (unpaired) electrons. The van der Waals surface area contributed by atoms with E-state index in [1.54, 1.807) is 7.11 Å². The molecular weight excluding hydrogens is 304 g/mol. The molecule has 0 saturated carbocycles. The standard InChI is InChI=1S/C18H28N4O2/c1-13(2)8-22-12-19-7-16(22)10-21-9-15(18(11-21)23-4)6-17-5-14(3)20-24-17/h5,7,12-13,15,18H,6,8-11H2,1-4H3/t15-,18+/m1/s1. The molecule has 2 aromatic heterocycles. The number of aromatic nitrogens is 3. The van der Waals surface area contributed by atoms with Gasteiger partial charge in [-0.3, -0.25) is 4.90 Å². The van der Waals surface area contributed by atoms with E-state index in [0.717, 1.165) is 44.1 Å². The number of hydrogen-bond acceptors (Lipinski definition) is 5. The summed E-state index contributed by atoms with van der Waals surface area (Å²) in [6, 6.07) is 2.02. The minimum Gasteiger partial charge on any atom is -0.380 e. The van der Waals surface area contributed by atoms with E-state index in [0.29, 0.717) is 11.8 Å². The van der Waals surface area contributed by atoms with E-state index in [1.165, 1.54) is 5.69 Å². The van der Waals surface area contributed by atoms with Crippen LogP contribution in [0.2, 0.25) is 0 Å². The third-order valence-corrected chi connectivity index (χ3v) is 4.65. The van der Waals surface area contributed by atoms with Crippen LogP contribution in [0.4, 0.5) is 0 Å². The SMILES string of the molecule is CO[C@H]1CN(Cc2cncn2CC(C)C)C[C@H]1Cc1cc(C)no1. The molecule has 6 nitrogen and oxygen atoms in total. The molecule has 6 heteroatoms. The molecule has 132 valence electrons. The average Bonchev–Trinajstić information content (AvgIpc) is 3.22. The van der Waals surface area contributed by atoms with E-state index < -0.39 is 0 Å². The molecule has 0 aliphatic carbocycles. The van der Waals surface area contributed by atoms with Crippen LogP contribution in [0.1, 0.15) is 31.0 Å². The van der Waals surface area contributed by atoms with E-state index in [-0.39, 0.29) is 6.10 Å². The third kappa shape index (κ3) is 4.05. The highest BCUT2D eigenvalue weighted by atomic mass is 16.5. The Kier molecular flexibility index (Phi) is 5.36. The molecule has 1 aliphatic rings. The highest BCUT2D eigenvalue weighted by Gasteiger charge is 2.34. The molecule has 0 spiro atoms. The molecular formula is C18H28N4O2. The van der Waals surface area contributed by atoms with Gasteiger partial charge in [-0.1, -0.05) is 19.0 Å². The van der Waals surface area contributed by atoms with Crippen LogP contribution in [0.3, 0.4) is 0 Å². The number of rotatable bonds is 7. The zero-order chi connectivity index (χ0) is 17.1. The Hall–Kier alpha value is -1.66. The van der Waals surface area contributed by atoms with Gasteiger partial charge in [-0.05, 0) is 12.8 Å². The maximum atomic E-state index is 5.72. The number of likely N-dealkylation sites (tertiary alicyclic amines) is 1. The van der Waals surface area contributed by atoms with E-state index in [2.05, 4.69) is 33.5 Å². The molecule has 1 saturated heterocycles. The van der Waals surface area contributed by atoms with Crippen molar-refractivity contribution in [3.8, 4) is 0 Å². The van der Waals surface area contributed by atoms with Crippen molar-refractivity contribution in [3.63, 3.8) is 0 Å². The van der Waals surface area contributed by atoms with Crippen molar-refractivity contribution in [3.05, 3.63) is 35.7 Å². The van der Waals surface area contributed by atoms with Gasteiger partial charge in [-0.15, -0.1) is 0 Å². The Bertz CT molecular complexity index is 649. The van der Waals surface area contributed by atoms with Gasteiger partial charge in [0.1, 0.15) is 5.76 Å². The Balaban J connectivity index is 1.62. The van der Waals surface area contributed by atoms with Crippen LogP contribution in [0, 0.1) is 18.8 Å². The van der Waals surface area contributed by atoms with Crippen LogP contribution in [-0.2, 0) is 24.2 Å². The number of methoxy groups -OCH3 is 1. The number of hydrogen-bond donors (Lipinski definition) is 0. The molecule has 2 atom stereocenters.